The van der Waals surface area contributed by atoms with Crippen molar-refractivity contribution in [2.75, 3.05) is 26.2 Å². The highest BCUT2D eigenvalue weighted by molar-refractivity contribution is 5.73. The Hall–Kier alpha value is -1.72. The zero-order valence-electron chi connectivity index (χ0n) is 14.6. The van der Waals surface area contributed by atoms with Gasteiger partial charge in [-0.05, 0) is 47.0 Å². The molecule has 2 unspecified atom stereocenters. The van der Waals surface area contributed by atoms with E-state index in [1.807, 2.05) is 34.6 Å². The van der Waals surface area contributed by atoms with E-state index in [2.05, 4.69) is 0 Å². The first-order chi connectivity index (χ1) is 10.6. The third-order valence-electron chi connectivity index (χ3n) is 4.77. The van der Waals surface area contributed by atoms with Gasteiger partial charge in [-0.15, -0.1) is 0 Å². The van der Waals surface area contributed by atoms with E-state index in [4.69, 9.17) is 9.47 Å². The molecule has 0 spiro atoms. The van der Waals surface area contributed by atoms with Crippen LogP contribution in [0.1, 0.15) is 41.0 Å². The van der Waals surface area contributed by atoms with Gasteiger partial charge in [-0.1, -0.05) is 5.57 Å². The maximum absolute atomic E-state index is 12.3. The summed E-state index contributed by atoms with van der Waals surface area (Å²) in [5.41, 5.74) is 1.59. The van der Waals surface area contributed by atoms with Crippen LogP contribution in [0.25, 0.3) is 0 Å². The molecule has 3 rings (SSSR count). The SMILES string of the molecule is CC(C)=C(N1CCOC1=O)C12CC1CN(C(=O)OC(C)(C)C)C2. The number of likely N-dealkylation sites (tertiary alicyclic amines) is 1. The van der Waals surface area contributed by atoms with Gasteiger partial charge in [-0.3, -0.25) is 4.90 Å². The van der Waals surface area contributed by atoms with Crippen LogP contribution in [0.3, 0.4) is 0 Å². The number of cyclic esters (lactones) is 1. The molecule has 0 radical (unpaired) electrons. The summed E-state index contributed by atoms with van der Waals surface area (Å²) in [6.45, 7) is 12.0. The lowest BCUT2D eigenvalue weighted by molar-refractivity contribution is 0.0264. The molecule has 23 heavy (non-hydrogen) atoms. The van der Waals surface area contributed by atoms with Gasteiger partial charge >= 0.3 is 12.2 Å². The average molecular weight is 322 g/mol. The van der Waals surface area contributed by atoms with Crippen LogP contribution in [0.4, 0.5) is 9.59 Å². The summed E-state index contributed by atoms with van der Waals surface area (Å²) in [6, 6.07) is 0. The smallest absolute Gasteiger partial charge is 0.414 e. The third kappa shape index (κ3) is 2.79. The van der Waals surface area contributed by atoms with Gasteiger partial charge in [-0.25, -0.2) is 9.59 Å². The highest BCUT2D eigenvalue weighted by Crippen LogP contribution is 2.63. The normalized spacial score (nSPS) is 29.3. The minimum absolute atomic E-state index is 0.0981. The van der Waals surface area contributed by atoms with E-state index >= 15 is 0 Å². The molecule has 6 heteroatoms. The van der Waals surface area contributed by atoms with Gasteiger partial charge in [0, 0.05) is 24.2 Å². The lowest BCUT2D eigenvalue weighted by Gasteiger charge is -2.29. The Labute approximate surface area is 137 Å². The zero-order chi connectivity index (χ0) is 17.0. The second-order valence-electron chi connectivity index (χ2n) is 8.03. The van der Waals surface area contributed by atoms with Crippen molar-refractivity contribution in [3.8, 4) is 0 Å². The van der Waals surface area contributed by atoms with Crippen LogP contribution in [-0.2, 0) is 9.47 Å². The van der Waals surface area contributed by atoms with Crippen molar-refractivity contribution in [1.82, 2.24) is 9.80 Å². The van der Waals surface area contributed by atoms with Crippen LogP contribution in [-0.4, -0.2) is 53.8 Å². The number of fused-ring (bicyclic) bond motifs is 1. The molecule has 0 aromatic heterocycles. The quantitative estimate of drug-likeness (QED) is 0.784. The molecule has 1 saturated carbocycles. The number of rotatable bonds is 2. The number of piperidine rings is 1. The van der Waals surface area contributed by atoms with Crippen LogP contribution in [0, 0.1) is 11.3 Å². The van der Waals surface area contributed by atoms with E-state index in [1.165, 1.54) is 0 Å². The van der Waals surface area contributed by atoms with E-state index in [9.17, 15) is 9.59 Å². The molecule has 0 bridgehead atoms. The minimum Gasteiger partial charge on any atom is -0.447 e. The summed E-state index contributed by atoms with van der Waals surface area (Å²) in [4.78, 5) is 27.9. The standard InChI is InChI=1S/C17H26N2O4/c1-11(2)13(19-6-7-22-15(19)21)17-8-12(17)9-18(10-17)14(20)23-16(3,4)5/h12H,6-10H2,1-5H3. The summed E-state index contributed by atoms with van der Waals surface area (Å²) < 4.78 is 10.6. The monoisotopic (exact) mass is 322 g/mol. The Balaban J connectivity index is 1.78. The fourth-order valence-corrected chi connectivity index (χ4v) is 3.95. The predicted octanol–water partition coefficient (Wildman–Crippen LogP) is 2.99. The number of allylic oxidation sites excluding steroid dienone is 1. The Bertz CT molecular complexity index is 574. The maximum atomic E-state index is 12.3. The molecule has 6 nitrogen and oxygen atoms in total. The molecular weight excluding hydrogens is 296 g/mol. The molecule has 2 atom stereocenters. The molecule has 1 aliphatic carbocycles. The maximum Gasteiger partial charge on any atom is 0.414 e. The van der Waals surface area contributed by atoms with E-state index in [0.717, 1.165) is 17.7 Å². The first kappa shape index (κ1) is 16.1. The van der Waals surface area contributed by atoms with Gasteiger partial charge in [0.05, 0.1) is 6.54 Å². The van der Waals surface area contributed by atoms with Crippen molar-refractivity contribution in [2.45, 2.75) is 46.6 Å². The lowest BCUT2D eigenvalue weighted by Crippen LogP contribution is -2.39. The number of amides is 2. The fourth-order valence-electron chi connectivity index (χ4n) is 3.95. The van der Waals surface area contributed by atoms with E-state index in [1.54, 1.807) is 9.80 Å². The van der Waals surface area contributed by atoms with Crippen molar-refractivity contribution in [3.63, 3.8) is 0 Å². The first-order valence-electron chi connectivity index (χ1n) is 8.24. The third-order valence-corrected chi connectivity index (χ3v) is 4.77. The second kappa shape index (κ2) is 5.14. The Kier molecular flexibility index (Phi) is 3.61. The fraction of sp³-hybridized carbons (Fsp3) is 0.765. The predicted molar refractivity (Wildman–Crippen MR) is 84.8 cm³/mol. The number of carbonyl (C=O) groups excluding carboxylic acids is 2. The second-order valence-corrected chi connectivity index (χ2v) is 8.03. The molecule has 3 aliphatic rings. The molecule has 2 saturated heterocycles. The molecular formula is C17H26N2O4. The van der Waals surface area contributed by atoms with Crippen molar-refractivity contribution in [2.24, 2.45) is 11.3 Å². The highest BCUT2D eigenvalue weighted by Gasteiger charge is 2.65. The van der Waals surface area contributed by atoms with Crippen molar-refractivity contribution < 1.29 is 19.1 Å². The van der Waals surface area contributed by atoms with Gasteiger partial charge < -0.3 is 14.4 Å². The van der Waals surface area contributed by atoms with Crippen LogP contribution in [0.5, 0.6) is 0 Å². The summed E-state index contributed by atoms with van der Waals surface area (Å²) in [6.07, 6.45) is 0.495. The molecule has 0 aromatic carbocycles. The highest BCUT2D eigenvalue weighted by atomic mass is 16.6. The topological polar surface area (TPSA) is 59.1 Å². The summed E-state index contributed by atoms with van der Waals surface area (Å²) in [7, 11) is 0. The van der Waals surface area contributed by atoms with Crippen molar-refractivity contribution in [1.29, 1.82) is 0 Å². The van der Waals surface area contributed by atoms with E-state index in [-0.39, 0.29) is 17.6 Å². The van der Waals surface area contributed by atoms with Gasteiger partial charge in [0.25, 0.3) is 0 Å². The van der Waals surface area contributed by atoms with Gasteiger partial charge in [0.2, 0.25) is 0 Å². The average Bonchev–Trinajstić information content (AvgIpc) is 2.75. The molecule has 0 aromatic rings. The lowest BCUT2D eigenvalue weighted by atomic mass is 9.96. The van der Waals surface area contributed by atoms with Crippen molar-refractivity contribution in [3.05, 3.63) is 11.3 Å². The summed E-state index contributed by atoms with van der Waals surface area (Å²) in [5, 5.41) is 0. The van der Waals surface area contributed by atoms with Crippen LogP contribution < -0.4 is 0 Å². The number of carbonyl (C=O) groups is 2. The molecule has 3 fully saturated rings. The summed E-state index contributed by atoms with van der Waals surface area (Å²) in [5.74, 6) is 0.410. The molecule has 0 N–H and O–H groups in total. The Morgan fingerprint density at radius 1 is 1.35 bits per heavy atom. The van der Waals surface area contributed by atoms with Crippen molar-refractivity contribution >= 4 is 12.2 Å². The Morgan fingerprint density at radius 3 is 2.57 bits per heavy atom. The minimum atomic E-state index is -0.491. The number of hydrogen-bond donors (Lipinski definition) is 0. The van der Waals surface area contributed by atoms with E-state index < -0.39 is 5.60 Å². The van der Waals surface area contributed by atoms with E-state index in [0.29, 0.717) is 32.2 Å². The number of hydrogen-bond acceptors (Lipinski definition) is 4. The number of nitrogens with zero attached hydrogens (tertiary/aromatic N) is 2. The van der Waals surface area contributed by atoms with Gasteiger partial charge in [0.1, 0.15) is 12.2 Å². The van der Waals surface area contributed by atoms with Gasteiger partial charge in [-0.2, -0.15) is 0 Å². The van der Waals surface area contributed by atoms with Crippen LogP contribution in [0.2, 0.25) is 0 Å². The molecule has 2 aliphatic heterocycles. The Morgan fingerprint density at radius 2 is 2.04 bits per heavy atom. The molecule has 128 valence electrons. The molecule has 2 amide bonds. The van der Waals surface area contributed by atoms with Gasteiger partial charge in [0.15, 0.2) is 0 Å². The van der Waals surface area contributed by atoms with Crippen LogP contribution >= 0.6 is 0 Å². The molecule has 2 heterocycles. The van der Waals surface area contributed by atoms with Crippen LogP contribution in [0.15, 0.2) is 11.3 Å². The summed E-state index contributed by atoms with van der Waals surface area (Å²) >= 11 is 0. The first-order valence-corrected chi connectivity index (χ1v) is 8.24. The largest absolute Gasteiger partial charge is 0.447 e. The number of ether oxygens (including phenoxy) is 2. The zero-order valence-corrected chi connectivity index (χ0v) is 14.6.